The Labute approximate surface area is 124 Å². The summed E-state index contributed by atoms with van der Waals surface area (Å²) in [6.45, 7) is 0. The number of ether oxygens (including phenoxy) is 2. The lowest BCUT2D eigenvalue weighted by Crippen LogP contribution is -2.12. The molecule has 112 valence electrons. The van der Waals surface area contributed by atoms with Crippen LogP contribution in [0.1, 0.15) is 30.5 Å². The van der Waals surface area contributed by atoms with Crippen LogP contribution in [-0.4, -0.2) is 19.2 Å². The van der Waals surface area contributed by atoms with Gasteiger partial charge in [-0.15, -0.1) is 0 Å². The van der Waals surface area contributed by atoms with Crippen molar-refractivity contribution in [3.05, 3.63) is 23.4 Å². The maximum atomic E-state index is 5.80. The molecule has 1 aliphatic carbocycles. The third-order valence-electron chi connectivity index (χ3n) is 4.16. The quantitative estimate of drug-likeness (QED) is 0.516. The van der Waals surface area contributed by atoms with Crippen molar-refractivity contribution in [3.63, 3.8) is 0 Å². The zero-order valence-electron chi connectivity index (χ0n) is 12.5. The molecule has 0 unspecified atom stereocenters. The van der Waals surface area contributed by atoms with Crippen molar-refractivity contribution >= 4 is 16.6 Å². The van der Waals surface area contributed by atoms with E-state index in [1.165, 1.54) is 24.8 Å². The highest BCUT2D eigenvalue weighted by atomic mass is 16.5. The van der Waals surface area contributed by atoms with Gasteiger partial charge in [-0.1, -0.05) is 6.42 Å². The minimum Gasteiger partial charge on any atom is -0.493 e. The number of anilines is 1. The van der Waals surface area contributed by atoms with Crippen molar-refractivity contribution in [2.24, 2.45) is 5.84 Å². The first kappa shape index (κ1) is 13.9. The number of nitrogen functional groups attached to an aromatic ring is 1. The number of pyridine rings is 1. The molecule has 0 aliphatic heterocycles. The molecule has 1 heterocycles. The van der Waals surface area contributed by atoms with Gasteiger partial charge in [0.25, 0.3) is 0 Å². The van der Waals surface area contributed by atoms with E-state index in [0.717, 1.165) is 35.1 Å². The smallest absolute Gasteiger partial charge is 0.162 e. The van der Waals surface area contributed by atoms with Gasteiger partial charge in [0.05, 0.1) is 25.4 Å². The Balaban J connectivity index is 2.29. The van der Waals surface area contributed by atoms with Crippen molar-refractivity contribution in [2.45, 2.75) is 32.1 Å². The Hall–Kier alpha value is -2.01. The number of nitrogens with one attached hydrogen (secondary N) is 1. The van der Waals surface area contributed by atoms with Gasteiger partial charge in [-0.25, -0.2) is 0 Å². The minimum atomic E-state index is 0.689. The summed E-state index contributed by atoms with van der Waals surface area (Å²) in [6.07, 6.45) is 5.63. The number of aromatic nitrogens is 1. The molecule has 2 aromatic rings. The zero-order chi connectivity index (χ0) is 14.8. The Morgan fingerprint density at radius 3 is 2.48 bits per heavy atom. The van der Waals surface area contributed by atoms with E-state index in [-0.39, 0.29) is 0 Å². The van der Waals surface area contributed by atoms with E-state index in [0.29, 0.717) is 11.5 Å². The van der Waals surface area contributed by atoms with Gasteiger partial charge < -0.3 is 14.9 Å². The minimum absolute atomic E-state index is 0.689. The molecule has 21 heavy (non-hydrogen) atoms. The summed E-state index contributed by atoms with van der Waals surface area (Å²) < 4.78 is 10.8. The highest BCUT2D eigenvalue weighted by Gasteiger charge is 2.18. The molecule has 1 aromatic carbocycles. The van der Waals surface area contributed by atoms with Gasteiger partial charge in [0.2, 0.25) is 0 Å². The first-order valence-corrected chi connectivity index (χ1v) is 7.32. The maximum absolute atomic E-state index is 5.80. The molecule has 5 nitrogen and oxygen atoms in total. The van der Waals surface area contributed by atoms with Crippen molar-refractivity contribution in [1.29, 1.82) is 0 Å². The van der Waals surface area contributed by atoms with Gasteiger partial charge in [0, 0.05) is 17.1 Å². The van der Waals surface area contributed by atoms with Crippen LogP contribution in [-0.2, 0) is 12.8 Å². The second-order valence-corrected chi connectivity index (χ2v) is 5.34. The molecule has 0 amide bonds. The van der Waals surface area contributed by atoms with E-state index in [1.807, 2.05) is 12.1 Å². The number of hydrogen-bond donors (Lipinski definition) is 2. The standard InChI is InChI=1S/C16H21N3O2/c1-20-14-8-11-13(9-15(14)21-2)18-12-7-5-3-4-6-10(12)16(11)19-17/h8-9H,3-7,17H2,1-2H3,(H,18,19). The zero-order valence-corrected chi connectivity index (χ0v) is 12.5. The number of hydrogen-bond acceptors (Lipinski definition) is 5. The van der Waals surface area contributed by atoms with E-state index >= 15 is 0 Å². The fraction of sp³-hybridized carbons (Fsp3) is 0.438. The predicted octanol–water partition coefficient (Wildman–Crippen LogP) is 2.81. The average molecular weight is 287 g/mol. The third-order valence-corrected chi connectivity index (χ3v) is 4.16. The van der Waals surface area contributed by atoms with E-state index in [4.69, 9.17) is 20.3 Å². The lowest BCUT2D eigenvalue weighted by molar-refractivity contribution is 0.356. The molecule has 0 bridgehead atoms. The number of nitrogens with zero attached hydrogens (tertiary/aromatic N) is 1. The number of nitrogens with two attached hydrogens (primary N) is 1. The Morgan fingerprint density at radius 2 is 1.76 bits per heavy atom. The highest BCUT2D eigenvalue weighted by molar-refractivity contribution is 5.95. The van der Waals surface area contributed by atoms with Gasteiger partial charge in [0.1, 0.15) is 0 Å². The maximum Gasteiger partial charge on any atom is 0.162 e. The lowest BCUT2D eigenvalue weighted by atomic mass is 10.0. The molecular weight excluding hydrogens is 266 g/mol. The summed E-state index contributed by atoms with van der Waals surface area (Å²) in [5.41, 5.74) is 7.14. The number of fused-ring (bicyclic) bond motifs is 2. The average Bonchev–Trinajstić information content (AvgIpc) is 2.76. The summed E-state index contributed by atoms with van der Waals surface area (Å²) in [7, 11) is 3.27. The first-order valence-electron chi connectivity index (χ1n) is 7.32. The molecule has 0 saturated heterocycles. The first-order chi connectivity index (χ1) is 10.3. The molecular formula is C16H21N3O2. The molecule has 5 heteroatoms. The van der Waals surface area contributed by atoms with E-state index in [1.54, 1.807) is 14.2 Å². The van der Waals surface area contributed by atoms with Crippen molar-refractivity contribution in [3.8, 4) is 11.5 Å². The van der Waals surface area contributed by atoms with Crippen LogP contribution in [0.5, 0.6) is 11.5 Å². The van der Waals surface area contributed by atoms with Crippen LogP contribution in [0.4, 0.5) is 5.69 Å². The SMILES string of the molecule is COc1cc2nc3c(c(NN)c2cc1OC)CCCCC3. The summed E-state index contributed by atoms with van der Waals surface area (Å²) >= 11 is 0. The Bertz CT molecular complexity index is 670. The third kappa shape index (κ3) is 2.38. The molecule has 3 rings (SSSR count). The van der Waals surface area contributed by atoms with Crippen molar-refractivity contribution in [1.82, 2.24) is 4.98 Å². The van der Waals surface area contributed by atoms with Crippen LogP contribution < -0.4 is 20.7 Å². The van der Waals surface area contributed by atoms with Crippen molar-refractivity contribution in [2.75, 3.05) is 19.6 Å². The molecule has 0 fully saturated rings. The largest absolute Gasteiger partial charge is 0.493 e. The second-order valence-electron chi connectivity index (χ2n) is 5.34. The number of rotatable bonds is 3. The van der Waals surface area contributed by atoms with Gasteiger partial charge in [0.15, 0.2) is 11.5 Å². The van der Waals surface area contributed by atoms with Gasteiger partial charge in [-0.05, 0) is 37.3 Å². The monoisotopic (exact) mass is 287 g/mol. The number of aryl methyl sites for hydroxylation is 1. The molecule has 3 N–H and O–H groups in total. The van der Waals surface area contributed by atoms with Crippen molar-refractivity contribution < 1.29 is 9.47 Å². The topological polar surface area (TPSA) is 69.4 Å². The predicted molar refractivity (Wildman–Crippen MR) is 83.9 cm³/mol. The normalized spacial score (nSPS) is 14.4. The van der Waals surface area contributed by atoms with Gasteiger partial charge in [-0.2, -0.15) is 0 Å². The summed E-state index contributed by atoms with van der Waals surface area (Å²) in [6, 6.07) is 3.86. The summed E-state index contributed by atoms with van der Waals surface area (Å²) in [5, 5.41) is 0.982. The molecule has 0 saturated carbocycles. The highest BCUT2D eigenvalue weighted by Crippen LogP contribution is 2.38. The van der Waals surface area contributed by atoms with Crippen LogP contribution in [0.2, 0.25) is 0 Å². The molecule has 0 radical (unpaired) electrons. The molecule has 0 spiro atoms. The van der Waals surface area contributed by atoms with Gasteiger partial charge >= 0.3 is 0 Å². The second kappa shape index (κ2) is 5.77. The lowest BCUT2D eigenvalue weighted by Gasteiger charge is -2.16. The Kier molecular flexibility index (Phi) is 3.84. The molecule has 0 atom stereocenters. The Morgan fingerprint density at radius 1 is 1.05 bits per heavy atom. The van der Waals surface area contributed by atoms with E-state index in [2.05, 4.69) is 5.43 Å². The summed E-state index contributed by atoms with van der Waals surface area (Å²) in [4.78, 5) is 4.84. The number of benzene rings is 1. The van der Waals surface area contributed by atoms with Crippen LogP contribution in [0, 0.1) is 0 Å². The van der Waals surface area contributed by atoms with E-state index in [9.17, 15) is 0 Å². The fourth-order valence-electron chi connectivity index (χ4n) is 3.09. The fourth-order valence-corrected chi connectivity index (χ4v) is 3.09. The van der Waals surface area contributed by atoms with Crippen LogP contribution in [0.3, 0.4) is 0 Å². The molecule has 1 aromatic heterocycles. The van der Waals surface area contributed by atoms with Crippen LogP contribution in [0.25, 0.3) is 10.9 Å². The summed E-state index contributed by atoms with van der Waals surface area (Å²) in [5.74, 6) is 7.18. The van der Waals surface area contributed by atoms with Gasteiger partial charge in [-0.3, -0.25) is 10.8 Å². The van der Waals surface area contributed by atoms with Crippen LogP contribution >= 0.6 is 0 Å². The van der Waals surface area contributed by atoms with Crippen LogP contribution in [0.15, 0.2) is 12.1 Å². The molecule has 1 aliphatic rings. The van der Waals surface area contributed by atoms with E-state index < -0.39 is 0 Å². The number of methoxy groups -OCH3 is 2. The number of hydrazine groups is 1.